The summed E-state index contributed by atoms with van der Waals surface area (Å²) < 4.78 is 30.9. The highest BCUT2D eigenvalue weighted by Crippen LogP contribution is 2.28. The number of aromatic nitrogens is 4. The van der Waals surface area contributed by atoms with Gasteiger partial charge in [-0.05, 0) is 49.4 Å². The van der Waals surface area contributed by atoms with Gasteiger partial charge in [0.1, 0.15) is 11.9 Å². The molecule has 0 amide bonds. The maximum absolute atomic E-state index is 14.1. The highest BCUT2D eigenvalue weighted by atomic mass is 32.2. The summed E-state index contributed by atoms with van der Waals surface area (Å²) in [6.45, 7) is 7.50. The van der Waals surface area contributed by atoms with E-state index in [0.29, 0.717) is 34.0 Å². The van der Waals surface area contributed by atoms with E-state index in [4.69, 9.17) is 13.8 Å². The summed E-state index contributed by atoms with van der Waals surface area (Å²) in [5.41, 5.74) is 0.576. The van der Waals surface area contributed by atoms with Crippen LogP contribution in [0, 0.1) is 5.82 Å². The number of ether oxygens (including phenoxy) is 1. The van der Waals surface area contributed by atoms with Crippen LogP contribution < -0.4 is 4.90 Å². The van der Waals surface area contributed by atoms with Crippen LogP contribution in [0.4, 0.5) is 10.3 Å². The van der Waals surface area contributed by atoms with Crippen molar-refractivity contribution in [2.75, 3.05) is 24.2 Å². The Morgan fingerprint density at radius 3 is 2.48 bits per heavy atom. The van der Waals surface area contributed by atoms with Gasteiger partial charge in [-0.25, -0.2) is 4.39 Å². The zero-order valence-electron chi connectivity index (χ0n) is 18.0. The normalized spacial score (nSPS) is 16.3. The number of hydrogen-bond acceptors (Lipinski definition) is 9. The highest BCUT2D eigenvalue weighted by molar-refractivity contribution is 7.98. The third kappa shape index (κ3) is 4.90. The third-order valence-electron chi connectivity index (χ3n) is 5.25. The Hall–Kier alpha value is -2.46. The van der Waals surface area contributed by atoms with Gasteiger partial charge in [0.15, 0.2) is 0 Å². The summed E-state index contributed by atoms with van der Waals surface area (Å²) in [5, 5.41) is 8.07. The Kier molecular flexibility index (Phi) is 6.57. The van der Waals surface area contributed by atoms with Crippen LogP contribution in [-0.2, 0) is 4.74 Å². The largest absolute Gasteiger partial charge is 0.365 e. The van der Waals surface area contributed by atoms with Crippen LogP contribution in [0.1, 0.15) is 57.4 Å². The molecule has 31 heavy (non-hydrogen) atoms. The van der Waals surface area contributed by atoms with E-state index < -0.39 is 0 Å². The Balaban J connectivity index is 1.33. The van der Waals surface area contributed by atoms with E-state index in [1.54, 1.807) is 12.1 Å². The molecule has 0 aliphatic carbocycles. The molecule has 3 aromatic rings. The van der Waals surface area contributed by atoms with E-state index in [9.17, 15) is 4.39 Å². The Morgan fingerprint density at radius 2 is 1.84 bits per heavy atom. The average molecular weight is 448 g/mol. The first-order valence-electron chi connectivity index (χ1n) is 10.4. The van der Waals surface area contributed by atoms with Crippen LogP contribution in [-0.4, -0.2) is 45.7 Å². The molecular formula is C21H26FN5O3S. The van der Waals surface area contributed by atoms with Crippen molar-refractivity contribution in [1.82, 2.24) is 20.3 Å². The lowest BCUT2D eigenvalue weighted by molar-refractivity contribution is -0.0300. The van der Waals surface area contributed by atoms with Crippen LogP contribution >= 0.6 is 11.8 Å². The van der Waals surface area contributed by atoms with Crippen molar-refractivity contribution in [1.29, 1.82) is 0 Å². The molecule has 10 heteroatoms. The molecule has 1 fully saturated rings. The number of piperidine rings is 1. The van der Waals surface area contributed by atoms with E-state index in [-0.39, 0.29) is 23.9 Å². The van der Waals surface area contributed by atoms with Crippen LogP contribution in [0.25, 0.3) is 11.4 Å². The maximum atomic E-state index is 14.1. The van der Waals surface area contributed by atoms with Gasteiger partial charge in [-0.2, -0.15) is 9.97 Å². The zero-order chi connectivity index (χ0) is 22.0. The lowest BCUT2D eigenvalue weighted by atomic mass is 10.1. The topological polar surface area (TPSA) is 90.3 Å². The quantitative estimate of drug-likeness (QED) is 0.471. The molecule has 0 unspecified atom stereocenters. The molecule has 166 valence electrons. The van der Waals surface area contributed by atoms with Crippen molar-refractivity contribution >= 4 is 17.7 Å². The molecule has 1 aliphatic rings. The van der Waals surface area contributed by atoms with Crippen molar-refractivity contribution in [3.8, 4) is 11.4 Å². The van der Waals surface area contributed by atoms with Crippen molar-refractivity contribution in [3.05, 3.63) is 35.8 Å². The van der Waals surface area contributed by atoms with Crippen molar-refractivity contribution < 1.29 is 18.2 Å². The molecule has 1 atom stereocenters. The average Bonchev–Trinajstić information content (AvgIpc) is 3.45. The number of anilines is 1. The number of thioether (sulfide) groups is 1. The molecule has 0 saturated carbocycles. The first-order chi connectivity index (χ1) is 14.9. The fourth-order valence-electron chi connectivity index (χ4n) is 3.45. The first kappa shape index (κ1) is 21.8. The zero-order valence-corrected chi connectivity index (χ0v) is 18.9. The Bertz CT molecular complexity index is 1020. The molecular weight excluding hydrogens is 421 g/mol. The van der Waals surface area contributed by atoms with Gasteiger partial charge in [-0.15, -0.1) is 11.8 Å². The van der Waals surface area contributed by atoms with E-state index >= 15 is 0 Å². The number of nitrogens with zero attached hydrogens (tertiary/aromatic N) is 5. The number of hydrogen-bond donors (Lipinski definition) is 0. The number of benzene rings is 1. The summed E-state index contributed by atoms with van der Waals surface area (Å²) >= 11 is 1.35. The van der Waals surface area contributed by atoms with E-state index in [2.05, 4.69) is 25.2 Å². The number of rotatable bonds is 7. The fraction of sp³-hybridized carbons (Fsp3) is 0.524. The summed E-state index contributed by atoms with van der Waals surface area (Å²) in [6.07, 6.45) is 3.21. The van der Waals surface area contributed by atoms with Gasteiger partial charge in [0.2, 0.25) is 11.7 Å². The molecule has 0 N–H and O–H groups in total. The standard InChI is InChI=1S/C21H26FN5O3S/c1-12(2)19-24-21(26-29-19)27-9-7-15(8-10-27)28-13(3)20-23-18(25-30-20)14-5-6-17(31-4)16(22)11-14/h5-6,11-13,15H,7-10H2,1-4H3/t13-/m1/s1. The summed E-state index contributed by atoms with van der Waals surface area (Å²) in [5.74, 6) is 1.93. The van der Waals surface area contributed by atoms with Gasteiger partial charge in [-0.3, -0.25) is 0 Å². The van der Waals surface area contributed by atoms with Gasteiger partial charge in [0.25, 0.3) is 11.8 Å². The lowest BCUT2D eigenvalue weighted by Gasteiger charge is -2.31. The lowest BCUT2D eigenvalue weighted by Crippen LogP contribution is -2.38. The second-order valence-corrected chi connectivity index (χ2v) is 8.71. The second-order valence-electron chi connectivity index (χ2n) is 7.86. The third-order valence-corrected chi connectivity index (χ3v) is 6.02. The smallest absolute Gasteiger partial charge is 0.266 e. The number of halogens is 1. The summed E-state index contributed by atoms with van der Waals surface area (Å²) in [7, 11) is 0. The SMILES string of the molecule is CSc1ccc(-c2noc([C@@H](C)OC3CCN(c4noc(C(C)C)n4)CC3)n2)cc1F. The van der Waals surface area contributed by atoms with Gasteiger partial charge >= 0.3 is 0 Å². The molecule has 1 aliphatic heterocycles. The van der Waals surface area contributed by atoms with Crippen molar-refractivity contribution in [3.63, 3.8) is 0 Å². The monoisotopic (exact) mass is 447 g/mol. The minimum atomic E-state index is -0.356. The summed E-state index contributed by atoms with van der Waals surface area (Å²) in [6, 6.07) is 4.92. The van der Waals surface area contributed by atoms with Crippen LogP contribution in [0.3, 0.4) is 0 Å². The summed E-state index contributed by atoms with van der Waals surface area (Å²) in [4.78, 5) is 11.6. The minimum absolute atomic E-state index is 0.0661. The fourth-order valence-corrected chi connectivity index (χ4v) is 3.91. The van der Waals surface area contributed by atoms with Gasteiger partial charge in [0, 0.05) is 29.5 Å². The molecule has 8 nitrogen and oxygen atoms in total. The van der Waals surface area contributed by atoms with Gasteiger partial charge < -0.3 is 18.7 Å². The molecule has 4 rings (SSSR count). The van der Waals surface area contributed by atoms with Crippen molar-refractivity contribution in [2.24, 2.45) is 0 Å². The molecule has 3 heterocycles. The molecule has 0 radical (unpaired) electrons. The highest BCUT2D eigenvalue weighted by Gasteiger charge is 2.27. The van der Waals surface area contributed by atoms with E-state index in [0.717, 1.165) is 25.9 Å². The van der Waals surface area contributed by atoms with E-state index in [1.165, 1.54) is 17.8 Å². The predicted octanol–water partition coefficient (Wildman–Crippen LogP) is 4.85. The molecule has 2 aromatic heterocycles. The molecule has 1 saturated heterocycles. The molecule has 1 aromatic carbocycles. The van der Waals surface area contributed by atoms with Gasteiger partial charge in [0.05, 0.1) is 6.10 Å². The van der Waals surface area contributed by atoms with Crippen molar-refractivity contribution in [2.45, 2.75) is 56.6 Å². The van der Waals surface area contributed by atoms with Gasteiger partial charge in [-0.1, -0.05) is 19.0 Å². The predicted molar refractivity (Wildman–Crippen MR) is 115 cm³/mol. The maximum Gasteiger partial charge on any atom is 0.266 e. The van der Waals surface area contributed by atoms with Crippen LogP contribution in [0.15, 0.2) is 32.1 Å². The second kappa shape index (κ2) is 9.35. The molecule has 0 spiro atoms. The molecule has 0 bridgehead atoms. The minimum Gasteiger partial charge on any atom is -0.365 e. The Labute approximate surface area is 184 Å². The Morgan fingerprint density at radius 1 is 1.10 bits per heavy atom. The van der Waals surface area contributed by atoms with Crippen LogP contribution in [0.2, 0.25) is 0 Å². The van der Waals surface area contributed by atoms with Crippen LogP contribution in [0.5, 0.6) is 0 Å². The van der Waals surface area contributed by atoms with E-state index in [1.807, 2.05) is 27.0 Å². The first-order valence-corrected chi connectivity index (χ1v) is 11.6.